The van der Waals surface area contributed by atoms with Gasteiger partial charge in [0, 0.05) is 28.9 Å². The average molecular weight is 389 g/mol. The maximum absolute atomic E-state index is 12.9. The lowest BCUT2D eigenvalue weighted by atomic mass is 10.1. The van der Waals surface area contributed by atoms with E-state index in [0.717, 1.165) is 16.0 Å². The van der Waals surface area contributed by atoms with Crippen molar-refractivity contribution >= 4 is 29.3 Å². The van der Waals surface area contributed by atoms with E-state index in [1.807, 2.05) is 31.2 Å². The number of carbonyl (C=O) groups excluding carboxylic acids is 2. The minimum Gasteiger partial charge on any atom is -0.348 e. The molecule has 0 spiro atoms. The lowest BCUT2D eigenvalue weighted by Gasteiger charge is -2.11. The van der Waals surface area contributed by atoms with Gasteiger partial charge >= 0.3 is 0 Å². The molecule has 0 aliphatic carbocycles. The van der Waals surface area contributed by atoms with Gasteiger partial charge in [0.25, 0.3) is 11.8 Å². The molecule has 0 saturated carbocycles. The summed E-state index contributed by atoms with van der Waals surface area (Å²) in [5.41, 5.74) is 4.97. The van der Waals surface area contributed by atoms with Crippen LogP contribution >= 0.6 is 11.8 Å². The van der Waals surface area contributed by atoms with Crippen LogP contribution in [0.5, 0.6) is 0 Å². The van der Waals surface area contributed by atoms with Crippen molar-refractivity contribution in [3.63, 3.8) is 0 Å². The predicted molar refractivity (Wildman–Crippen MR) is 110 cm³/mol. The first-order valence-electron chi connectivity index (χ1n) is 8.94. The second-order valence-corrected chi connectivity index (χ2v) is 7.77. The number of aromatic nitrogens is 1. The van der Waals surface area contributed by atoms with E-state index >= 15 is 0 Å². The van der Waals surface area contributed by atoms with Crippen LogP contribution in [0.4, 0.5) is 5.69 Å². The number of pyridine rings is 1. The molecule has 2 aromatic carbocycles. The van der Waals surface area contributed by atoms with Crippen LogP contribution in [0.25, 0.3) is 0 Å². The molecular formula is C22H19N3O2S. The van der Waals surface area contributed by atoms with Crippen LogP contribution in [0.2, 0.25) is 0 Å². The van der Waals surface area contributed by atoms with E-state index in [0.29, 0.717) is 28.4 Å². The molecule has 5 nitrogen and oxygen atoms in total. The van der Waals surface area contributed by atoms with Gasteiger partial charge in [-0.25, -0.2) is 4.98 Å². The third kappa shape index (κ3) is 3.64. The number of rotatable bonds is 4. The zero-order valence-electron chi connectivity index (χ0n) is 15.6. The monoisotopic (exact) mass is 389 g/mol. The predicted octanol–water partition coefficient (Wildman–Crippen LogP) is 4.35. The smallest absolute Gasteiger partial charge is 0.258 e. The van der Waals surface area contributed by atoms with Gasteiger partial charge < -0.3 is 10.6 Å². The summed E-state index contributed by atoms with van der Waals surface area (Å²) in [4.78, 5) is 30.2. The number of amides is 2. The molecule has 0 saturated heterocycles. The molecule has 1 aliphatic heterocycles. The number of benzene rings is 2. The first-order valence-corrected chi connectivity index (χ1v) is 9.75. The largest absolute Gasteiger partial charge is 0.348 e. The molecule has 2 N–H and O–H groups in total. The maximum Gasteiger partial charge on any atom is 0.258 e. The van der Waals surface area contributed by atoms with E-state index in [9.17, 15) is 9.59 Å². The molecule has 2 heterocycles. The van der Waals surface area contributed by atoms with Gasteiger partial charge in [0.1, 0.15) is 5.03 Å². The molecule has 4 rings (SSSR count). The molecule has 1 aliphatic rings. The first-order chi connectivity index (χ1) is 13.5. The van der Waals surface area contributed by atoms with Crippen LogP contribution in [0.15, 0.2) is 64.6 Å². The minimum atomic E-state index is -0.251. The highest BCUT2D eigenvalue weighted by molar-refractivity contribution is 7.99. The lowest BCUT2D eigenvalue weighted by Crippen LogP contribution is -2.15. The molecule has 0 atom stereocenters. The van der Waals surface area contributed by atoms with Gasteiger partial charge in [0.15, 0.2) is 0 Å². The first kappa shape index (κ1) is 18.3. The normalized spacial score (nSPS) is 12.4. The number of hydrogen-bond acceptors (Lipinski definition) is 4. The molecular weight excluding hydrogens is 370 g/mol. The van der Waals surface area contributed by atoms with Gasteiger partial charge in [-0.3, -0.25) is 9.59 Å². The number of nitrogens with zero attached hydrogens (tertiary/aromatic N) is 1. The fourth-order valence-electron chi connectivity index (χ4n) is 3.15. The molecule has 0 radical (unpaired) electrons. The van der Waals surface area contributed by atoms with Crippen LogP contribution in [-0.4, -0.2) is 16.8 Å². The second-order valence-electron chi connectivity index (χ2n) is 6.74. The number of hydrogen-bond donors (Lipinski definition) is 2. The number of aryl methyl sites for hydroxylation is 2. The van der Waals surface area contributed by atoms with E-state index in [4.69, 9.17) is 0 Å². The van der Waals surface area contributed by atoms with E-state index in [2.05, 4.69) is 28.6 Å². The number of anilines is 1. The van der Waals surface area contributed by atoms with Crippen molar-refractivity contribution in [2.75, 3.05) is 5.32 Å². The molecule has 1 aromatic heterocycles. The van der Waals surface area contributed by atoms with Crippen molar-refractivity contribution in [2.45, 2.75) is 30.3 Å². The molecule has 2 amide bonds. The van der Waals surface area contributed by atoms with Crippen molar-refractivity contribution < 1.29 is 9.59 Å². The van der Waals surface area contributed by atoms with E-state index in [1.54, 1.807) is 24.4 Å². The minimum absolute atomic E-state index is 0.112. The summed E-state index contributed by atoms with van der Waals surface area (Å²) in [6, 6.07) is 15.1. The highest BCUT2D eigenvalue weighted by Crippen LogP contribution is 2.32. The lowest BCUT2D eigenvalue weighted by molar-refractivity contribution is 0.0964. The Morgan fingerprint density at radius 1 is 1.14 bits per heavy atom. The van der Waals surface area contributed by atoms with Gasteiger partial charge in [-0.15, -0.1) is 0 Å². The second kappa shape index (κ2) is 7.48. The van der Waals surface area contributed by atoms with E-state index in [-0.39, 0.29) is 11.8 Å². The highest BCUT2D eigenvalue weighted by Gasteiger charge is 2.20. The molecule has 0 bridgehead atoms. The van der Waals surface area contributed by atoms with Gasteiger partial charge in [-0.05, 0) is 55.3 Å². The summed E-state index contributed by atoms with van der Waals surface area (Å²) in [5.74, 6) is -0.364. The Morgan fingerprint density at radius 3 is 2.82 bits per heavy atom. The zero-order valence-corrected chi connectivity index (χ0v) is 16.4. The van der Waals surface area contributed by atoms with Crippen molar-refractivity contribution in [1.29, 1.82) is 0 Å². The highest BCUT2D eigenvalue weighted by atomic mass is 32.2. The SMILES string of the molecule is Cc1ccc(Sc2ncccc2C(=O)Nc2ccc3c(c2)C(=O)NC3)c(C)c1. The summed E-state index contributed by atoms with van der Waals surface area (Å²) in [6.07, 6.45) is 1.68. The van der Waals surface area contributed by atoms with Crippen molar-refractivity contribution in [2.24, 2.45) is 0 Å². The van der Waals surface area contributed by atoms with Crippen LogP contribution in [-0.2, 0) is 6.54 Å². The quantitative estimate of drug-likeness (QED) is 0.696. The summed E-state index contributed by atoms with van der Waals surface area (Å²) in [5, 5.41) is 6.31. The van der Waals surface area contributed by atoms with E-state index < -0.39 is 0 Å². The van der Waals surface area contributed by atoms with Crippen LogP contribution < -0.4 is 10.6 Å². The molecule has 28 heavy (non-hydrogen) atoms. The molecule has 140 valence electrons. The fourth-order valence-corrected chi connectivity index (χ4v) is 4.10. The Balaban J connectivity index is 1.59. The zero-order chi connectivity index (χ0) is 19.7. The summed E-state index contributed by atoms with van der Waals surface area (Å²) >= 11 is 1.47. The van der Waals surface area contributed by atoms with Crippen molar-refractivity contribution in [1.82, 2.24) is 10.3 Å². The number of carbonyl (C=O) groups is 2. The Hall–Kier alpha value is -3.12. The van der Waals surface area contributed by atoms with Gasteiger partial charge in [-0.1, -0.05) is 35.5 Å². The third-order valence-electron chi connectivity index (χ3n) is 4.60. The Kier molecular flexibility index (Phi) is 4.88. The average Bonchev–Trinajstić information content (AvgIpc) is 3.05. The van der Waals surface area contributed by atoms with Gasteiger partial charge in [-0.2, -0.15) is 0 Å². The number of fused-ring (bicyclic) bond motifs is 1. The maximum atomic E-state index is 12.9. The molecule has 0 fully saturated rings. The standard InChI is InChI=1S/C22H19N3O2S/c1-13-5-8-19(14(2)10-13)28-22-17(4-3-9-23-22)21(27)25-16-7-6-15-12-24-20(26)18(15)11-16/h3-11H,12H2,1-2H3,(H,24,26)(H,25,27). The van der Waals surface area contributed by atoms with Gasteiger partial charge in [0.2, 0.25) is 0 Å². The summed E-state index contributed by atoms with van der Waals surface area (Å²) < 4.78 is 0. The van der Waals surface area contributed by atoms with Crippen LogP contribution in [0.1, 0.15) is 37.4 Å². The van der Waals surface area contributed by atoms with E-state index in [1.165, 1.54) is 17.3 Å². The Morgan fingerprint density at radius 2 is 2.00 bits per heavy atom. The topological polar surface area (TPSA) is 71.1 Å². The van der Waals surface area contributed by atoms with Crippen molar-refractivity contribution in [3.05, 3.63) is 82.5 Å². The Labute approximate surface area is 167 Å². The summed E-state index contributed by atoms with van der Waals surface area (Å²) in [7, 11) is 0. The summed E-state index contributed by atoms with van der Waals surface area (Å²) in [6.45, 7) is 4.63. The molecule has 6 heteroatoms. The van der Waals surface area contributed by atoms with Crippen LogP contribution in [0.3, 0.4) is 0 Å². The van der Waals surface area contributed by atoms with Gasteiger partial charge in [0.05, 0.1) is 5.56 Å². The molecule has 3 aromatic rings. The fraction of sp³-hybridized carbons (Fsp3) is 0.136. The molecule has 0 unspecified atom stereocenters. The number of nitrogens with one attached hydrogen (secondary N) is 2. The van der Waals surface area contributed by atoms with Crippen LogP contribution in [0, 0.1) is 13.8 Å². The Bertz CT molecular complexity index is 1090. The van der Waals surface area contributed by atoms with Crippen molar-refractivity contribution in [3.8, 4) is 0 Å². The third-order valence-corrected chi connectivity index (χ3v) is 5.80.